The molecule has 1 aliphatic heterocycles. The van der Waals surface area contributed by atoms with E-state index in [0.717, 1.165) is 5.69 Å². The quantitative estimate of drug-likeness (QED) is 0.169. The summed E-state index contributed by atoms with van der Waals surface area (Å²) in [5.74, 6) is -1.84. The van der Waals surface area contributed by atoms with Crippen molar-refractivity contribution in [1.82, 2.24) is 19.6 Å². The average molecular weight is 490 g/mol. The maximum atomic E-state index is 13.2. The second kappa shape index (κ2) is 10.1. The Morgan fingerprint density at radius 2 is 1.78 bits per heavy atom. The molecule has 1 atom stereocenters. The summed E-state index contributed by atoms with van der Waals surface area (Å²) < 4.78 is 1.64. The summed E-state index contributed by atoms with van der Waals surface area (Å²) in [5.41, 5.74) is 2.04. The Kier molecular flexibility index (Phi) is 6.98. The molecule has 0 spiro atoms. The zero-order valence-electron chi connectivity index (χ0n) is 20.3. The van der Waals surface area contributed by atoms with Crippen LogP contribution in [-0.4, -0.2) is 68.5 Å². The number of amides is 1. The van der Waals surface area contributed by atoms with Crippen LogP contribution in [0.3, 0.4) is 0 Å². The number of ketones is 1. The van der Waals surface area contributed by atoms with Crippen LogP contribution >= 0.6 is 0 Å². The average Bonchev–Trinajstić information content (AvgIpc) is 3.36. The number of carbonyl (C=O) groups excluding carboxylic acids is 2. The Morgan fingerprint density at radius 1 is 1.11 bits per heavy atom. The molecule has 1 amide bonds. The van der Waals surface area contributed by atoms with E-state index in [2.05, 4.69) is 5.10 Å². The van der Waals surface area contributed by atoms with Crippen molar-refractivity contribution in [3.63, 3.8) is 0 Å². The molecule has 1 saturated heterocycles. The lowest BCUT2D eigenvalue weighted by atomic mass is 9.95. The summed E-state index contributed by atoms with van der Waals surface area (Å²) in [7, 11) is 3.82. The van der Waals surface area contributed by atoms with Gasteiger partial charge in [-0.05, 0) is 63.8 Å². The Hall–Kier alpha value is -4.31. The van der Waals surface area contributed by atoms with Gasteiger partial charge in [0.25, 0.3) is 17.4 Å². The minimum Gasteiger partial charge on any atom is -0.507 e. The number of para-hydroxylation sites is 1. The Balaban J connectivity index is 1.81. The maximum Gasteiger partial charge on any atom is 0.295 e. The molecule has 0 radical (unpaired) electrons. The molecule has 0 unspecified atom stereocenters. The maximum absolute atomic E-state index is 13.2. The fraction of sp³-hybridized carbons (Fsp3) is 0.269. The van der Waals surface area contributed by atoms with Gasteiger partial charge in [0.2, 0.25) is 0 Å². The molecule has 10 nitrogen and oxygen atoms in total. The van der Waals surface area contributed by atoms with E-state index in [1.54, 1.807) is 11.6 Å². The predicted molar refractivity (Wildman–Crippen MR) is 134 cm³/mol. The van der Waals surface area contributed by atoms with E-state index in [0.29, 0.717) is 29.8 Å². The van der Waals surface area contributed by atoms with Crippen LogP contribution in [0.2, 0.25) is 0 Å². The first kappa shape index (κ1) is 24.8. The van der Waals surface area contributed by atoms with E-state index in [4.69, 9.17) is 0 Å². The van der Waals surface area contributed by atoms with E-state index < -0.39 is 22.7 Å². The van der Waals surface area contributed by atoms with Crippen molar-refractivity contribution in [2.45, 2.75) is 19.4 Å². The number of non-ortho nitro benzene ring substituents is 1. The first-order chi connectivity index (χ1) is 17.2. The fourth-order valence-corrected chi connectivity index (χ4v) is 4.41. The van der Waals surface area contributed by atoms with Crippen molar-refractivity contribution in [2.75, 3.05) is 27.2 Å². The lowest BCUT2D eigenvalue weighted by Crippen LogP contribution is -2.32. The number of rotatable bonds is 8. The van der Waals surface area contributed by atoms with Gasteiger partial charge >= 0.3 is 0 Å². The van der Waals surface area contributed by atoms with E-state index in [1.807, 2.05) is 49.3 Å². The van der Waals surface area contributed by atoms with E-state index in [1.165, 1.54) is 35.4 Å². The molecule has 0 bridgehead atoms. The highest BCUT2D eigenvalue weighted by molar-refractivity contribution is 6.46. The summed E-state index contributed by atoms with van der Waals surface area (Å²) >= 11 is 0. The lowest BCUT2D eigenvalue weighted by Gasteiger charge is -2.25. The number of carbonyl (C=O) groups is 2. The van der Waals surface area contributed by atoms with Crippen LogP contribution in [0.15, 0.2) is 66.4 Å². The molecule has 0 saturated carbocycles. The van der Waals surface area contributed by atoms with Gasteiger partial charge < -0.3 is 14.9 Å². The van der Waals surface area contributed by atoms with Crippen LogP contribution in [0.25, 0.3) is 11.4 Å². The molecule has 1 aromatic heterocycles. The van der Waals surface area contributed by atoms with Crippen LogP contribution in [0.5, 0.6) is 0 Å². The highest BCUT2D eigenvalue weighted by Crippen LogP contribution is 2.40. The van der Waals surface area contributed by atoms with Gasteiger partial charge in [-0.3, -0.25) is 19.7 Å². The van der Waals surface area contributed by atoms with Gasteiger partial charge in [-0.25, -0.2) is 4.68 Å². The molecule has 2 heterocycles. The first-order valence-electron chi connectivity index (χ1n) is 11.5. The van der Waals surface area contributed by atoms with Crippen LogP contribution < -0.4 is 0 Å². The zero-order chi connectivity index (χ0) is 26.0. The number of benzene rings is 2. The number of Topliss-reactive ketones (excluding diaryl/α,β-unsaturated/α-hetero) is 1. The minimum absolute atomic E-state index is 0.0607. The van der Waals surface area contributed by atoms with Gasteiger partial charge in [-0.15, -0.1) is 0 Å². The molecular formula is C26H27N5O5. The number of hydrogen-bond acceptors (Lipinski definition) is 7. The van der Waals surface area contributed by atoms with Crippen molar-refractivity contribution >= 4 is 23.1 Å². The molecule has 36 heavy (non-hydrogen) atoms. The third-order valence-corrected chi connectivity index (χ3v) is 6.23. The Labute approximate surface area is 208 Å². The molecule has 3 aromatic rings. The summed E-state index contributed by atoms with van der Waals surface area (Å²) in [6.45, 7) is 2.74. The number of aromatic nitrogens is 2. The highest BCUT2D eigenvalue weighted by atomic mass is 16.6. The van der Waals surface area contributed by atoms with Crippen LogP contribution in [-0.2, 0) is 9.59 Å². The number of nitrogens with zero attached hydrogens (tertiary/aromatic N) is 5. The number of likely N-dealkylation sites (tertiary alicyclic amines) is 1. The zero-order valence-corrected chi connectivity index (χ0v) is 20.3. The standard InChI is InChI=1S/C26H27N5O5/c1-17-21(16-27-30(17)19-8-5-4-6-9-19)24(32)22-23(18-10-12-20(13-11-18)31(35)36)29(26(34)25(22)33)15-7-14-28(2)3/h4-6,8-13,16,23,32H,7,14-15H2,1-3H3/t23-/m1/s1. The highest BCUT2D eigenvalue weighted by Gasteiger charge is 2.46. The van der Waals surface area contributed by atoms with E-state index in [9.17, 15) is 24.8 Å². The minimum atomic E-state index is -0.882. The van der Waals surface area contributed by atoms with Gasteiger partial charge in [0.05, 0.1) is 39.7 Å². The number of hydrogen-bond donors (Lipinski definition) is 1. The van der Waals surface area contributed by atoms with E-state index >= 15 is 0 Å². The topological polar surface area (TPSA) is 122 Å². The molecule has 2 aromatic carbocycles. The second-order valence-corrected chi connectivity index (χ2v) is 8.89. The molecule has 0 aliphatic carbocycles. The smallest absolute Gasteiger partial charge is 0.295 e. The molecule has 1 aliphatic rings. The number of aliphatic hydroxyl groups is 1. The van der Waals surface area contributed by atoms with Crippen molar-refractivity contribution in [2.24, 2.45) is 0 Å². The number of nitro benzene ring substituents is 1. The Morgan fingerprint density at radius 3 is 2.39 bits per heavy atom. The summed E-state index contributed by atoms with van der Waals surface area (Å²) in [5, 5.41) is 26.9. The number of aliphatic hydroxyl groups excluding tert-OH is 1. The summed E-state index contributed by atoms with van der Waals surface area (Å²) in [6, 6.07) is 14.1. The summed E-state index contributed by atoms with van der Waals surface area (Å²) in [6.07, 6.45) is 2.07. The van der Waals surface area contributed by atoms with Crippen molar-refractivity contribution in [1.29, 1.82) is 0 Å². The monoisotopic (exact) mass is 489 g/mol. The Bertz CT molecular complexity index is 1330. The van der Waals surface area contributed by atoms with Gasteiger partial charge in [0.1, 0.15) is 5.76 Å². The van der Waals surface area contributed by atoms with Gasteiger partial charge in [-0.2, -0.15) is 5.10 Å². The number of nitro groups is 1. The third kappa shape index (κ3) is 4.63. The second-order valence-electron chi connectivity index (χ2n) is 8.89. The molecule has 186 valence electrons. The van der Waals surface area contributed by atoms with Gasteiger partial charge in [-0.1, -0.05) is 18.2 Å². The molecule has 10 heteroatoms. The molecular weight excluding hydrogens is 462 g/mol. The van der Waals surface area contributed by atoms with Crippen LogP contribution in [0.4, 0.5) is 5.69 Å². The normalized spacial score (nSPS) is 17.2. The van der Waals surface area contributed by atoms with E-state index in [-0.39, 0.29) is 23.6 Å². The SMILES string of the molecule is Cc1c(C(O)=C2C(=O)C(=O)N(CCCN(C)C)[C@@H]2c2ccc([N+](=O)[O-])cc2)cnn1-c1ccccc1. The fourth-order valence-electron chi connectivity index (χ4n) is 4.41. The first-order valence-corrected chi connectivity index (χ1v) is 11.5. The molecule has 1 fully saturated rings. The summed E-state index contributed by atoms with van der Waals surface area (Å²) in [4.78, 5) is 40.3. The largest absolute Gasteiger partial charge is 0.507 e. The molecule has 1 N–H and O–H groups in total. The lowest BCUT2D eigenvalue weighted by molar-refractivity contribution is -0.384. The van der Waals surface area contributed by atoms with Gasteiger partial charge in [0, 0.05) is 18.7 Å². The van der Waals surface area contributed by atoms with Crippen LogP contribution in [0.1, 0.15) is 29.3 Å². The molecule has 4 rings (SSSR count). The van der Waals surface area contributed by atoms with Gasteiger partial charge in [0.15, 0.2) is 0 Å². The van der Waals surface area contributed by atoms with Crippen LogP contribution in [0, 0.1) is 17.0 Å². The van der Waals surface area contributed by atoms with Crippen molar-refractivity contribution < 1.29 is 19.6 Å². The van der Waals surface area contributed by atoms with Crippen molar-refractivity contribution in [3.05, 3.63) is 93.3 Å². The predicted octanol–water partition coefficient (Wildman–Crippen LogP) is 3.46. The van der Waals surface area contributed by atoms with Crippen molar-refractivity contribution in [3.8, 4) is 5.69 Å². The third-order valence-electron chi connectivity index (χ3n) is 6.23.